The highest BCUT2D eigenvalue weighted by Gasteiger charge is 2.05. The van der Waals surface area contributed by atoms with Crippen molar-refractivity contribution >= 4 is 17.0 Å². The van der Waals surface area contributed by atoms with Gasteiger partial charge in [-0.2, -0.15) is 0 Å². The van der Waals surface area contributed by atoms with Crippen LogP contribution in [0.4, 0.5) is 0 Å². The molecule has 0 saturated carbocycles. The van der Waals surface area contributed by atoms with Crippen molar-refractivity contribution in [3.63, 3.8) is 0 Å². The second-order valence-electron chi connectivity index (χ2n) is 3.73. The number of fused-ring (bicyclic) bond motifs is 1. The molecule has 15 heavy (non-hydrogen) atoms. The van der Waals surface area contributed by atoms with Crippen LogP contribution in [-0.4, -0.2) is 4.98 Å². The van der Waals surface area contributed by atoms with Crippen LogP contribution in [0.5, 0.6) is 0 Å². The van der Waals surface area contributed by atoms with E-state index in [2.05, 4.69) is 55.2 Å². The third-order valence-corrected chi connectivity index (χ3v) is 2.72. The number of H-pyrrole nitrogens is 1. The Bertz CT molecular complexity index is 477. The van der Waals surface area contributed by atoms with E-state index in [4.69, 9.17) is 0 Å². The molecule has 0 aliphatic heterocycles. The maximum absolute atomic E-state index is 3.46. The van der Waals surface area contributed by atoms with Crippen LogP contribution in [0.1, 0.15) is 31.5 Å². The van der Waals surface area contributed by atoms with E-state index >= 15 is 0 Å². The predicted molar refractivity (Wildman–Crippen MR) is 67.0 cm³/mol. The number of aromatic nitrogens is 1. The lowest BCUT2D eigenvalue weighted by Gasteiger charge is -1.95. The van der Waals surface area contributed by atoms with Crippen molar-refractivity contribution in [2.45, 2.75) is 26.7 Å². The van der Waals surface area contributed by atoms with Gasteiger partial charge in [-0.25, -0.2) is 0 Å². The monoisotopic (exact) mass is 199 g/mol. The SMILES string of the molecule is CC/C=C\c1[nH]c2ccccc2c1CC. The zero-order valence-corrected chi connectivity index (χ0v) is 9.38. The molecule has 1 nitrogen and oxygen atoms in total. The molecular weight excluding hydrogens is 182 g/mol. The Hall–Kier alpha value is -1.50. The average molecular weight is 199 g/mol. The molecule has 0 unspecified atom stereocenters. The first-order valence-corrected chi connectivity index (χ1v) is 5.63. The van der Waals surface area contributed by atoms with Gasteiger partial charge in [0.2, 0.25) is 0 Å². The Morgan fingerprint density at radius 2 is 2.00 bits per heavy atom. The van der Waals surface area contributed by atoms with Gasteiger partial charge in [0.15, 0.2) is 0 Å². The topological polar surface area (TPSA) is 15.8 Å². The molecule has 2 rings (SSSR count). The lowest BCUT2D eigenvalue weighted by atomic mass is 10.1. The summed E-state index contributed by atoms with van der Waals surface area (Å²) in [5, 5.41) is 1.36. The van der Waals surface area contributed by atoms with Crippen LogP contribution in [0.25, 0.3) is 17.0 Å². The van der Waals surface area contributed by atoms with Crippen LogP contribution in [-0.2, 0) is 6.42 Å². The number of hydrogen-bond donors (Lipinski definition) is 1. The van der Waals surface area contributed by atoms with Gasteiger partial charge >= 0.3 is 0 Å². The predicted octanol–water partition coefficient (Wildman–Crippen LogP) is 4.15. The van der Waals surface area contributed by atoms with E-state index in [1.54, 1.807) is 0 Å². The minimum atomic E-state index is 1.08. The van der Waals surface area contributed by atoms with Crippen LogP contribution in [0.15, 0.2) is 30.3 Å². The maximum atomic E-state index is 3.46. The van der Waals surface area contributed by atoms with Crippen molar-refractivity contribution in [3.05, 3.63) is 41.6 Å². The molecule has 0 aliphatic rings. The Morgan fingerprint density at radius 3 is 2.73 bits per heavy atom. The first-order chi connectivity index (χ1) is 7.36. The molecule has 2 aromatic rings. The molecule has 0 atom stereocenters. The molecule has 1 aromatic heterocycles. The van der Waals surface area contributed by atoms with Crippen molar-refractivity contribution in [3.8, 4) is 0 Å². The fourth-order valence-corrected chi connectivity index (χ4v) is 1.98. The number of benzene rings is 1. The van der Waals surface area contributed by atoms with Crippen LogP contribution >= 0.6 is 0 Å². The fraction of sp³-hybridized carbons (Fsp3) is 0.286. The van der Waals surface area contributed by atoms with Crippen LogP contribution in [0, 0.1) is 0 Å². The van der Waals surface area contributed by atoms with E-state index in [1.165, 1.54) is 22.2 Å². The number of aryl methyl sites for hydroxylation is 1. The molecule has 78 valence electrons. The van der Waals surface area contributed by atoms with E-state index < -0.39 is 0 Å². The Morgan fingerprint density at radius 1 is 1.20 bits per heavy atom. The largest absolute Gasteiger partial charge is 0.355 e. The summed E-state index contributed by atoms with van der Waals surface area (Å²) in [6, 6.07) is 8.50. The van der Waals surface area contributed by atoms with Gasteiger partial charge in [0.25, 0.3) is 0 Å². The Labute approximate surface area is 90.8 Å². The summed E-state index contributed by atoms with van der Waals surface area (Å²) in [7, 11) is 0. The molecule has 0 saturated heterocycles. The van der Waals surface area contributed by atoms with Gasteiger partial charge in [-0.1, -0.05) is 38.1 Å². The summed E-state index contributed by atoms with van der Waals surface area (Å²) in [4.78, 5) is 3.46. The van der Waals surface area contributed by atoms with E-state index in [9.17, 15) is 0 Å². The summed E-state index contributed by atoms with van der Waals surface area (Å²) in [5.41, 5.74) is 3.93. The number of nitrogens with one attached hydrogen (secondary N) is 1. The van der Waals surface area contributed by atoms with E-state index in [0.717, 1.165) is 12.8 Å². The third kappa shape index (κ3) is 1.82. The van der Waals surface area contributed by atoms with Crippen molar-refractivity contribution in [1.29, 1.82) is 0 Å². The molecule has 0 bridgehead atoms. The lowest BCUT2D eigenvalue weighted by molar-refractivity contribution is 1.14. The van der Waals surface area contributed by atoms with Crippen molar-refractivity contribution in [2.75, 3.05) is 0 Å². The molecular formula is C14H17N. The molecule has 0 amide bonds. The minimum absolute atomic E-state index is 1.08. The third-order valence-electron chi connectivity index (χ3n) is 2.72. The number of hydrogen-bond acceptors (Lipinski definition) is 0. The standard InChI is InChI=1S/C14H17N/c1-3-5-9-13-11(4-2)12-8-6-7-10-14(12)15-13/h5-10,15H,3-4H2,1-2H3/b9-5-. The van der Waals surface area contributed by atoms with Crippen LogP contribution in [0.3, 0.4) is 0 Å². The summed E-state index contributed by atoms with van der Waals surface area (Å²) in [5.74, 6) is 0. The Balaban J connectivity index is 2.58. The first-order valence-electron chi connectivity index (χ1n) is 5.63. The fourth-order valence-electron chi connectivity index (χ4n) is 1.98. The smallest absolute Gasteiger partial charge is 0.0461 e. The summed E-state index contributed by atoms with van der Waals surface area (Å²) in [6.07, 6.45) is 6.55. The van der Waals surface area contributed by atoms with Crippen molar-refractivity contribution in [1.82, 2.24) is 4.98 Å². The molecule has 1 N–H and O–H groups in total. The first kappa shape index (κ1) is 10.0. The number of rotatable bonds is 3. The van der Waals surface area contributed by atoms with Crippen molar-refractivity contribution in [2.24, 2.45) is 0 Å². The van der Waals surface area contributed by atoms with Crippen molar-refractivity contribution < 1.29 is 0 Å². The van der Waals surface area contributed by atoms with Gasteiger partial charge in [-0.05, 0) is 30.5 Å². The molecule has 0 radical (unpaired) electrons. The second kappa shape index (κ2) is 4.35. The summed E-state index contributed by atoms with van der Waals surface area (Å²) >= 11 is 0. The average Bonchev–Trinajstić information content (AvgIpc) is 2.63. The molecule has 1 heterocycles. The quantitative estimate of drug-likeness (QED) is 0.764. The highest BCUT2D eigenvalue weighted by Crippen LogP contribution is 2.23. The zero-order chi connectivity index (χ0) is 10.7. The lowest BCUT2D eigenvalue weighted by Crippen LogP contribution is -1.81. The van der Waals surface area contributed by atoms with Crippen LogP contribution in [0.2, 0.25) is 0 Å². The highest BCUT2D eigenvalue weighted by molar-refractivity contribution is 5.87. The molecule has 1 heteroatoms. The van der Waals surface area contributed by atoms with E-state index in [1.807, 2.05) is 0 Å². The molecule has 0 spiro atoms. The summed E-state index contributed by atoms with van der Waals surface area (Å²) < 4.78 is 0. The summed E-state index contributed by atoms with van der Waals surface area (Å²) in [6.45, 7) is 4.36. The normalized spacial score (nSPS) is 11.6. The minimum Gasteiger partial charge on any atom is -0.355 e. The van der Waals surface area contributed by atoms with E-state index in [0.29, 0.717) is 0 Å². The number of para-hydroxylation sites is 1. The van der Waals surface area contributed by atoms with Gasteiger partial charge in [-0.3, -0.25) is 0 Å². The maximum Gasteiger partial charge on any atom is 0.0461 e. The van der Waals surface area contributed by atoms with Gasteiger partial charge < -0.3 is 4.98 Å². The van der Waals surface area contributed by atoms with Gasteiger partial charge in [0.05, 0.1) is 0 Å². The highest BCUT2D eigenvalue weighted by atomic mass is 14.7. The molecule has 0 fully saturated rings. The second-order valence-corrected chi connectivity index (χ2v) is 3.73. The van der Waals surface area contributed by atoms with Gasteiger partial charge in [0.1, 0.15) is 0 Å². The zero-order valence-electron chi connectivity index (χ0n) is 9.38. The van der Waals surface area contributed by atoms with Gasteiger partial charge in [-0.15, -0.1) is 0 Å². The number of allylic oxidation sites excluding steroid dienone is 1. The number of aromatic amines is 1. The molecule has 0 aliphatic carbocycles. The van der Waals surface area contributed by atoms with Crippen LogP contribution < -0.4 is 0 Å². The van der Waals surface area contributed by atoms with E-state index in [-0.39, 0.29) is 0 Å². The van der Waals surface area contributed by atoms with Gasteiger partial charge in [0, 0.05) is 16.6 Å². The Kier molecular flexibility index (Phi) is 2.91. The molecule has 1 aromatic carbocycles.